The number of benzene rings is 4. The van der Waals surface area contributed by atoms with Crippen molar-refractivity contribution in [2.45, 2.75) is 0 Å². The molecule has 81 heavy (non-hydrogen) atoms. The zero-order valence-electron chi connectivity index (χ0n) is 45.8. The van der Waals surface area contributed by atoms with Crippen LogP contribution < -0.4 is 18.9 Å². The Morgan fingerprint density at radius 1 is 0.296 bits per heavy atom. The first-order valence-electron chi connectivity index (χ1n) is 27.1. The molecule has 0 fully saturated rings. The van der Waals surface area contributed by atoms with E-state index in [0.717, 1.165) is 50.5 Å². The molecule has 6 aromatic rings. The average Bonchev–Trinajstić information content (AvgIpc) is 3.50. The molecule has 6 aliphatic heterocycles. The molecule has 6 aliphatic rings. The number of para-hydroxylation sites is 1. The summed E-state index contributed by atoms with van der Waals surface area (Å²) in [5.74, 6) is 2.98. The maximum absolute atomic E-state index is 11.1. The molecule has 0 unspecified atom stereocenters. The molecule has 12 rings (SSSR count). The molecule has 0 spiro atoms. The number of hydrogen-bond donors (Lipinski definition) is 1. The van der Waals surface area contributed by atoms with Crippen LogP contribution in [0.2, 0.25) is 0 Å². The summed E-state index contributed by atoms with van der Waals surface area (Å²) in [6.45, 7) is 12.7. The van der Waals surface area contributed by atoms with Gasteiger partial charge in [0.2, 0.25) is 0 Å². The van der Waals surface area contributed by atoms with E-state index in [0.29, 0.717) is 189 Å². The smallest absolute Gasteiger partial charge is 0.189 e. The first-order valence-corrected chi connectivity index (χ1v) is 27.1. The third-order valence-electron chi connectivity index (χ3n) is 11.7. The SMILES string of the molecule is Oc1c2cccc1-c1ccc(cc1)OCOCCOCCOCCOCCOCCOCCOc1ccc-2cc1.[Pt].[c-]1c2cccc1-c1ccc(cn1)OCCOCCOCCOCCOCCOCCOCCOc1ccc-2nc1. The first-order chi connectivity index (χ1) is 39.7. The van der Waals surface area contributed by atoms with Crippen molar-refractivity contribution in [1.29, 1.82) is 0 Å². The van der Waals surface area contributed by atoms with Crippen molar-refractivity contribution in [2.24, 2.45) is 0 Å². The van der Waals surface area contributed by atoms with Gasteiger partial charge in [0.1, 0.15) is 48.6 Å². The van der Waals surface area contributed by atoms with E-state index >= 15 is 0 Å². The molecule has 0 radical (unpaired) electrons. The van der Waals surface area contributed by atoms with Crippen LogP contribution in [0.3, 0.4) is 0 Å². The molecule has 8 heterocycles. The minimum absolute atomic E-state index is 0. The van der Waals surface area contributed by atoms with Gasteiger partial charge in [0, 0.05) is 43.6 Å². The van der Waals surface area contributed by atoms with Gasteiger partial charge in [-0.05, 0) is 47.5 Å². The third-order valence-corrected chi connectivity index (χ3v) is 11.7. The van der Waals surface area contributed by atoms with E-state index in [-0.39, 0.29) is 33.6 Å². The molecule has 19 nitrogen and oxygen atoms in total. The van der Waals surface area contributed by atoms with E-state index in [1.165, 1.54) is 0 Å². The molecule has 2 aromatic heterocycles. The first kappa shape index (κ1) is 64.6. The predicted molar refractivity (Wildman–Crippen MR) is 298 cm³/mol. The Labute approximate surface area is 489 Å². The zero-order valence-corrected chi connectivity index (χ0v) is 48.1. The Balaban J connectivity index is 0.000000258. The third kappa shape index (κ3) is 25.6. The van der Waals surface area contributed by atoms with Crippen LogP contribution in [-0.4, -0.2) is 194 Å². The minimum Gasteiger partial charge on any atom is -0.507 e. The summed E-state index contributed by atoms with van der Waals surface area (Å²) in [6, 6.07) is 37.8. The number of phenols is 1. The Morgan fingerprint density at radius 2 is 0.580 bits per heavy atom. The number of ether oxygens (including phenoxy) is 16. The van der Waals surface area contributed by atoms with Gasteiger partial charge < -0.3 is 80.9 Å². The van der Waals surface area contributed by atoms with Gasteiger partial charge in [-0.25, -0.2) is 0 Å². The quantitative estimate of drug-likeness (QED) is 0.144. The molecule has 0 saturated carbocycles. The maximum atomic E-state index is 11.1. The molecule has 4 aromatic carbocycles. The fourth-order valence-corrected chi connectivity index (χ4v) is 7.61. The van der Waals surface area contributed by atoms with Crippen LogP contribution in [-0.2, 0) is 77.9 Å². The number of rotatable bonds is 0. The molecule has 1 N–H and O–H groups in total. The summed E-state index contributed by atoms with van der Waals surface area (Å²) in [7, 11) is 0. The number of nitrogens with zero attached hydrogens (tertiary/aromatic N) is 2. The Kier molecular flexibility index (Phi) is 32.3. The van der Waals surface area contributed by atoms with Crippen LogP contribution in [0.4, 0.5) is 0 Å². The van der Waals surface area contributed by atoms with Gasteiger partial charge in [-0.15, -0.1) is 24.3 Å². The van der Waals surface area contributed by atoms with Crippen molar-refractivity contribution >= 4 is 0 Å². The van der Waals surface area contributed by atoms with Crippen LogP contribution in [0.1, 0.15) is 0 Å². The fraction of sp³-hybridized carbons (Fsp3) is 0.443. The van der Waals surface area contributed by atoms with E-state index < -0.39 is 0 Å². The van der Waals surface area contributed by atoms with E-state index in [4.69, 9.17) is 75.8 Å². The van der Waals surface area contributed by atoms with E-state index in [1.807, 2.05) is 109 Å². The van der Waals surface area contributed by atoms with Gasteiger partial charge in [0.25, 0.3) is 0 Å². The molecule has 0 amide bonds. The van der Waals surface area contributed by atoms with Crippen molar-refractivity contribution in [3.05, 3.63) is 128 Å². The van der Waals surface area contributed by atoms with Crippen molar-refractivity contribution in [3.8, 4) is 73.5 Å². The molecule has 0 atom stereocenters. The van der Waals surface area contributed by atoms with Crippen molar-refractivity contribution in [2.75, 3.05) is 179 Å². The second kappa shape index (κ2) is 40.6. The second-order valence-electron chi connectivity index (χ2n) is 17.4. The number of hydrogen-bond acceptors (Lipinski definition) is 19. The van der Waals surface area contributed by atoms with Crippen molar-refractivity contribution in [1.82, 2.24) is 9.97 Å². The Bertz CT molecular complexity index is 2380. The van der Waals surface area contributed by atoms with Crippen LogP contribution in [0, 0.1) is 6.07 Å². The van der Waals surface area contributed by atoms with Crippen molar-refractivity contribution in [3.63, 3.8) is 0 Å². The van der Waals surface area contributed by atoms with Crippen LogP contribution >= 0.6 is 0 Å². The molecule has 20 heteroatoms. The van der Waals surface area contributed by atoms with E-state index in [9.17, 15) is 5.11 Å². The topological polar surface area (TPSA) is 194 Å². The zero-order chi connectivity index (χ0) is 55.2. The van der Waals surface area contributed by atoms with Crippen LogP contribution in [0.5, 0.6) is 28.7 Å². The fourth-order valence-electron chi connectivity index (χ4n) is 7.61. The molecule has 442 valence electrons. The number of aromatic nitrogens is 2. The Morgan fingerprint density at radius 3 is 0.914 bits per heavy atom. The molecule has 0 saturated heterocycles. The van der Waals surface area contributed by atoms with Crippen LogP contribution in [0.25, 0.3) is 44.8 Å². The molecule has 0 aliphatic carbocycles. The normalized spacial score (nSPS) is 17.5. The summed E-state index contributed by atoms with van der Waals surface area (Å²) in [4.78, 5) is 9.08. The van der Waals surface area contributed by atoms with E-state index in [1.54, 1.807) is 12.4 Å². The average molecular weight is 1300 g/mol. The van der Waals surface area contributed by atoms with Crippen LogP contribution in [0.15, 0.2) is 122 Å². The van der Waals surface area contributed by atoms with Gasteiger partial charge >= 0.3 is 0 Å². The van der Waals surface area contributed by atoms with Gasteiger partial charge in [0.05, 0.1) is 164 Å². The minimum atomic E-state index is 0. The van der Waals surface area contributed by atoms with Gasteiger partial charge in [-0.3, -0.25) is 9.97 Å². The summed E-state index contributed by atoms with van der Waals surface area (Å²) in [5.41, 5.74) is 6.59. The van der Waals surface area contributed by atoms with E-state index in [2.05, 4.69) is 16.0 Å². The largest absolute Gasteiger partial charge is 0.507 e. The number of pyridine rings is 2. The van der Waals surface area contributed by atoms with Gasteiger partial charge in [0.15, 0.2) is 6.79 Å². The van der Waals surface area contributed by atoms with Gasteiger partial charge in [-0.2, -0.15) is 0 Å². The number of fused-ring (bicyclic) bond motifs is 4. The molecular weight excluding hydrogens is 1230 g/mol. The maximum Gasteiger partial charge on any atom is 0.189 e. The monoisotopic (exact) mass is 1300 g/mol. The number of aromatic hydroxyl groups is 1. The van der Waals surface area contributed by atoms with Gasteiger partial charge in [-0.1, -0.05) is 65.7 Å². The second-order valence-corrected chi connectivity index (χ2v) is 17.4. The standard InChI is InChI=1S/C31H38O9.C30H37N2O8.Pt/c32-31-29-2-1-3-30(31)26-6-10-28(11-7-26)40-24-38-21-20-36-17-16-34-13-12-33-14-15-35-18-19-37-22-23-39-27-8-4-25(29)5-9-27;1-2-25-22-26(3-1)30-7-5-28(24-32-30)40-21-19-38-17-15-36-13-11-34-9-8-33-10-12-35-14-16-37-18-20-39-27-4-6-29(25)31-23-27;/h1-11,32H,12-24H2;1-7,23-24H,8-21H2;/q;-1;. The molecule has 12 bridgehead atoms. The Hall–Kier alpha value is -5.61. The summed E-state index contributed by atoms with van der Waals surface area (Å²) in [6.07, 6.45) is 3.41. The summed E-state index contributed by atoms with van der Waals surface area (Å²) in [5, 5.41) is 11.1. The number of phenolic OH excluding ortho intramolecular Hbond substituents is 1. The summed E-state index contributed by atoms with van der Waals surface area (Å²) >= 11 is 0. The summed E-state index contributed by atoms with van der Waals surface area (Å²) < 4.78 is 89.0. The molecular formula is C61H75N2O17Pt-. The van der Waals surface area contributed by atoms with Crippen molar-refractivity contribution < 1.29 is 102 Å². The predicted octanol–water partition coefficient (Wildman–Crippen LogP) is 8.03.